The monoisotopic (exact) mass is 425 g/mol. The lowest BCUT2D eigenvalue weighted by Gasteiger charge is -2.56. The van der Waals surface area contributed by atoms with E-state index in [0.717, 1.165) is 12.0 Å². The number of rotatable bonds is 5. The van der Waals surface area contributed by atoms with E-state index in [9.17, 15) is 19.8 Å². The number of nitrogens with zero attached hydrogens (tertiary/aromatic N) is 1. The first-order valence-electron chi connectivity index (χ1n) is 10.5. The summed E-state index contributed by atoms with van der Waals surface area (Å²) in [7, 11) is 0. The molecule has 31 heavy (non-hydrogen) atoms. The van der Waals surface area contributed by atoms with Gasteiger partial charge in [0.05, 0.1) is 5.56 Å². The third-order valence-corrected chi connectivity index (χ3v) is 5.91. The molecular formula is C25H31NO5. The Morgan fingerprint density at radius 3 is 2.19 bits per heavy atom. The Hall–Kier alpha value is -2.86. The van der Waals surface area contributed by atoms with Gasteiger partial charge in [0.1, 0.15) is 11.2 Å². The maximum atomic E-state index is 12.5. The predicted octanol–water partition coefficient (Wildman–Crippen LogP) is 4.44. The molecule has 0 spiro atoms. The molecule has 0 bridgehead atoms. The van der Waals surface area contributed by atoms with E-state index in [2.05, 4.69) is 6.92 Å². The van der Waals surface area contributed by atoms with Crippen molar-refractivity contribution in [2.75, 3.05) is 13.1 Å². The highest BCUT2D eigenvalue weighted by Crippen LogP contribution is 2.51. The molecule has 0 saturated carbocycles. The van der Waals surface area contributed by atoms with Gasteiger partial charge in [-0.1, -0.05) is 50.2 Å². The van der Waals surface area contributed by atoms with Gasteiger partial charge >= 0.3 is 12.1 Å². The minimum atomic E-state index is -1.48. The van der Waals surface area contributed by atoms with Gasteiger partial charge in [0.15, 0.2) is 0 Å². The zero-order valence-electron chi connectivity index (χ0n) is 18.8. The molecule has 1 amide bonds. The van der Waals surface area contributed by atoms with E-state index >= 15 is 0 Å². The van der Waals surface area contributed by atoms with Crippen LogP contribution in [0.4, 0.5) is 4.79 Å². The van der Waals surface area contributed by atoms with Gasteiger partial charge in [-0.25, -0.2) is 9.59 Å². The summed E-state index contributed by atoms with van der Waals surface area (Å²) >= 11 is 0. The highest BCUT2D eigenvalue weighted by atomic mass is 16.6. The van der Waals surface area contributed by atoms with Gasteiger partial charge in [0.2, 0.25) is 0 Å². The van der Waals surface area contributed by atoms with Crippen LogP contribution >= 0.6 is 0 Å². The first-order chi connectivity index (χ1) is 14.4. The zero-order chi connectivity index (χ0) is 23.0. The second-order valence-corrected chi connectivity index (χ2v) is 9.54. The molecule has 2 aromatic rings. The van der Waals surface area contributed by atoms with Crippen molar-refractivity contribution in [2.24, 2.45) is 5.41 Å². The van der Waals surface area contributed by atoms with Crippen molar-refractivity contribution in [2.45, 2.75) is 52.2 Å². The fourth-order valence-corrected chi connectivity index (χ4v) is 4.20. The molecular weight excluding hydrogens is 394 g/mol. The minimum Gasteiger partial charge on any atom is -0.478 e. The third kappa shape index (κ3) is 4.30. The highest BCUT2D eigenvalue weighted by Gasteiger charge is 2.58. The number of amides is 1. The predicted molar refractivity (Wildman–Crippen MR) is 118 cm³/mol. The van der Waals surface area contributed by atoms with Gasteiger partial charge in [-0.2, -0.15) is 0 Å². The Bertz CT molecular complexity index is 970. The van der Waals surface area contributed by atoms with Crippen molar-refractivity contribution in [1.82, 2.24) is 4.90 Å². The Kier molecular flexibility index (Phi) is 5.89. The molecule has 1 saturated heterocycles. The molecule has 3 rings (SSSR count). The lowest BCUT2D eigenvalue weighted by Crippen LogP contribution is -2.66. The molecule has 166 valence electrons. The van der Waals surface area contributed by atoms with Crippen molar-refractivity contribution in [3.05, 3.63) is 70.8 Å². The number of aromatic carboxylic acids is 1. The van der Waals surface area contributed by atoms with Crippen molar-refractivity contribution in [3.8, 4) is 0 Å². The molecule has 1 fully saturated rings. The zero-order valence-corrected chi connectivity index (χ0v) is 18.8. The fraction of sp³-hybridized carbons (Fsp3) is 0.440. The molecule has 1 heterocycles. The van der Waals surface area contributed by atoms with E-state index in [0.29, 0.717) is 11.1 Å². The summed E-state index contributed by atoms with van der Waals surface area (Å²) in [6.07, 6.45) is 0.449. The molecule has 0 radical (unpaired) electrons. The maximum absolute atomic E-state index is 12.5. The lowest BCUT2D eigenvalue weighted by molar-refractivity contribution is -0.131. The normalized spacial score (nSPS) is 17.4. The molecule has 1 atom stereocenters. The van der Waals surface area contributed by atoms with Crippen LogP contribution in [0, 0.1) is 5.41 Å². The quantitative estimate of drug-likeness (QED) is 0.740. The molecule has 2 N–H and O–H groups in total. The second kappa shape index (κ2) is 8.00. The number of benzene rings is 2. The lowest BCUT2D eigenvalue weighted by atomic mass is 9.61. The van der Waals surface area contributed by atoms with Gasteiger partial charge in [-0.3, -0.25) is 0 Å². The topological polar surface area (TPSA) is 87.1 Å². The van der Waals surface area contributed by atoms with Gasteiger partial charge in [0, 0.05) is 18.5 Å². The van der Waals surface area contributed by atoms with Crippen LogP contribution in [0.25, 0.3) is 0 Å². The van der Waals surface area contributed by atoms with Crippen molar-refractivity contribution in [1.29, 1.82) is 0 Å². The first-order valence-corrected chi connectivity index (χ1v) is 10.5. The SMILES string of the molecule is CCc1ccc([C@](O)(c2cccc(C(=O)O)c2)C2(C)CN(C(=O)OC(C)(C)C)C2)cc1. The van der Waals surface area contributed by atoms with Crippen LogP contribution in [0.2, 0.25) is 0 Å². The number of hydrogen-bond donors (Lipinski definition) is 2. The van der Waals surface area contributed by atoms with E-state index in [1.807, 2.05) is 52.0 Å². The third-order valence-electron chi connectivity index (χ3n) is 5.91. The molecule has 2 aromatic carbocycles. The van der Waals surface area contributed by atoms with Gasteiger partial charge in [-0.15, -0.1) is 0 Å². The number of carbonyl (C=O) groups is 2. The van der Waals surface area contributed by atoms with Crippen LogP contribution in [0.5, 0.6) is 0 Å². The number of carboxylic acid groups (broad SMARTS) is 1. The van der Waals surface area contributed by atoms with Crippen LogP contribution in [-0.2, 0) is 16.8 Å². The van der Waals surface area contributed by atoms with Gasteiger partial charge in [-0.05, 0) is 56.0 Å². The highest BCUT2D eigenvalue weighted by molar-refractivity contribution is 5.87. The Labute approximate surface area is 183 Å². The van der Waals surface area contributed by atoms with E-state index in [-0.39, 0.29) is 18.7 Å². The maximum Gasteiger partial charge on any atom is 0.410 e. The summed E-state index contributed by atoms with van der Waals surface area (Å²) < 4.78 is 5.47. The molecule has 6 nitrogen and oxygen atoms in total. The molecule has 0 aromatic heterocycles. The number of hydrogen-bond acceptors (Lipinski definition) is 4. The summed E-state index contributed by atoms with van der Waals surface area (Å²) in [5.74, 6) is -1.06. The van der Waals surface area contributed by atoms with Crippen molar-refractivity contribution in [3.63, 3.8) is 0 Å². The summed E-state index contributed by atoms with van der Waals surface area (Å²) in [6, 6.07) is 14.1. The summed E-state index contributed by atoms with van der Waals surface area (Å²) in [5, 5.41) is 21.6. The first kappa shape index (κ1) is 22.8. The van der Waals surface area contributed by atoms with Crippen LogP contribution in [0.15, 0.2) is 48.5 Å². The second-order valence-electron chi connectivity index (χ2n) is 9.54. The minimum absolute atomic E-state index is 0.105. The molecule has 0 unspecified atom stereocenters. The molecule has 0 aliphatic carbocycles. The Morgan fingerprint density at radius 2 is 1.68 bits per heavy atom. The fourth-order valence-electron chi connectivity index (χ4n) is 4.20. The van der Waals surface area contributed by atoms with E-state index in [4.69, 9.17) is 4.74 Å². The molecule has 6 heteroatoms. The van der Waals surface area contributed by atoms with Crippen molar-refractivity contribution < 1.29 is 24.5 Å². The average Bonchev–Trinajstić information content (AvgIpc) is 2.69. The number of aliphatic hydroxyl groups is 1. The average molecular weight is 426 g/mol. The smallest absolute Gasteiger partial charge is 0.410 e. The van der Waals surface area contributed by atoms with Crippen LogP contribution in [0.3, 0.4) is 0 Å². The van der Waals surface area contributed by atoms with Crippen LogP contribution < -0.4 is 0 Å². The molecule has 1 aliphatic heterocycles. The van der Waals surface area contributed by atoms with E-state index in [1.54, 1.807) is 17.0 Å². The number of carbonyl (C=O) groups excluding carboxylic acids is 1. The van der Waals surface area contributed by atoms with Crippen LogP contribution in [-0.4, -0.2) is 45.9 Å². The summed E-state index contributed by atoms with van der Waals surface area (Å²) in [6.45, 7) is 9.97. The number of ether oxygens (including phenoxy) is 1. The van der Waals surface area contributed by atoms with Crippen molar-refractivity contribution >= 4 is 12.1 Å². The Morgan fingerprint density at radius 1 is 1.06 bits per heavy atom. The summed E-state index contributed by atoms with van der Waals surface area (Å²) in [4.78, 5) is 25.6. The number of carboxylic acids is 1. The van der Waals surface area contributed by atoms with Crippen LogP contribution in [0.1, 0.15) is 61.7 Å². The number of likely N-dealkylation sites (tertiary alicyclic amines) is 1. The molecule has 1 aliphatic rings. The van der Waals surface area contributed by atoms with E-state index in [1.165, 1.54) is 12.1 Å². The largest absolute Gasteiger partial charge is 0.478 e. The standard InChI is InChI=1S/C25H31NO5/c1-6-17-10-12-19(13-11-17)25(30,20-9-7-8-18(14-20)21(27)28)24(5)15-26(16-24)22(29)31-23(2,3)4/h7-14,30H,6,15-16H2,1-5H3,(H,27,28)/t25-/m0/s1. The van der Waals surface area contributed by atoms with E-state index < -0.39 is 28.7 Å². The Balaban J connectivity index is 2.02. The van der Waals surface area contributed by atoms with Gasteiger partial charge in [0.25, 0.3) is 0 Å². The summed E-state index contributed by atoms with van der Waals surface area (Å²) in [5.41, 5.74) is -0.419. The van der Waals surface area contributed by atoms with Gasteiger partial charge < -0.3 is 19.8 Å². The number of aryl methyl sites for hydroxylation is 1.